The minimum Gasteiger partial charge on any atom is -0.329 e. The molecule has 0 fully saturated rings. The van der Waals surface area contributed by atoms with E-state index in [9.17, 15) is 0 Å². The smallest absolute Gasteiger partial charge is 0.147 e. The predicted octanol–water partition coefficient (Wildman–Crippen LogP) is 4.37. The molecule has 1 aromatic heterocycles. The van der Waals surface area contributed by atoms with E-state index < -0.39 is 0 Å². The van der Waals surface area contributed by atoms with Crippen molar-refractivity contribution in [1.82, 2.24) is 4.98 Å². The monoisotopic (exact) mass is 340 g/mol. The fraction of sp³-hybridized carbons (Fsp3) is 0.0833. The van der Waals surface area contributed by atoms with Crippen LogP contribution in [0.2, 0.25) is 0 Å². The van der Waals surface area contributed by atoms with Crippen LogP contribution in [-0.4, -0.2) is 12.0 Å². The number of halogens is 2. The summed E-state index contributed by atoms with van der Waals surface area (Å²) < 4.78 is 1.93. The number of hydrogen-bond acceptors (Lipinski definition) is 2. The molecule has 0 spiro atoms. The zero-order valence-electron chi connectivity index (χ0n) is 8.69. The highest BCUT2D eigenvalue weighted by Crippen LogP contribution is 2.30. The first-order valence-corrected chi connectivity index (χ1v) is 6.37. The van der Waals surface area contributed by atoms with Crippen LogP contribution >= 0.6 is 31.9 Å². The third-order valence-corrected chi connectivity index (χ3v) is 3.27. The number of nitrogens with zero attached hydrogens (tertiary/aromatic N) is 2. The normalized spacial score (nSPS) is 10.2. The number of pyridine rings is 1. The first kappa shape index (κ1) is 11.6. The van der Waals surface area contributed by atoms with Gasteiger partial charge in [-0.3, -0.25) is 0 Å². The van der Waals surface area contributed by atoms with Crippen molar-refractivity contribution in [3.05, 3.63) is 51.5 Å². The molecule has 1 aromatic carbocycles. The maximum Gasteiger partial charge on any atom is 0.147 e. The number of aromatic nitrogens is 1. The SMILES string of the molecule is CN(c1ccccc1)c1ncc(Br)cc1Br. The van der Waals surface area contributed by atoms with Crippen LogP contribution in [0.1, 0.15) is 0 Å². The summed E-state index contributed by atoms with van der Waals surface area (Å²) >= 11 is 6.90. The van der Waals surface area contributed by atoms with Crippen LogP contribution in [0.25, 0.3) is 0 Å². The van der Waals surface area contributed by atoms with Crippen molar-refractivity contribution in [3.8, 4) is 0 Å². The Morgan fingerprint density at radius 3 is 2.44 bits per heavy atom. The Morgan fingerprint density at radius 2 is 1.81 bits per heavy atom. The lowest BCUT2D eigenvalue weighted by Gasteiger charge is -2.19. The lowest BCUT2D eigenvalue weighted by molar-refractivity contribution is 1.11. The Bertz CT molecular complexity index is 486. The number of rotatable bonds is 2. The Hall–Kier alpha value is -0.870. The first-order valence-electron chi connectivity index (χ1n) is 4.78. The third-order valence-electron chi connectivity index (χ3n) is 2.25. The van der Waals surface area contributed by atoms with E-state index in [0.29, 0.717) is 0 Å². The highest BCUT2D eigenvalue weighted by Gasteiger charge is 2.09. The van der Waals surface area contributed by atoms with Crippen LogP contribution in [0.4, 0.5) is 11.5 Å². The summed E-state index contributed by atoms with van der Waals surface area (Å²) in [7, 11) is 2.00. The van der Waals surface area contributed by atoms with Gasteiger partial charge in [0.05, 0.1) is 4.47 Å². The summed E-state index contributed by atoms with van der Waals surface area (Å²) in [5, 5.41) is 0. The quantitative estimate of drug-likeness (QED) is 0.806. The molecule has 0 unspecified atom stereocenters. The lowest BCUT2D eigenvalue weighted by atomic mass is 10.3. The van der Waals surface area contributed by atoms with E-state index in [4.69, 9.17) is 0 Å². The maximum atomic E-state index is 4.39. The highest BCUT2D eigenvalue weighted by atomic mass is 79.9. The number of anilines is 2. The van der Waals surface area contributed by atoms with Crippen LogP contribution in [0, 0.1) is 0 Å². The van der Waals surface area contributed by atoms with Gasteiger partial charge in [-0.15, -0.1) is 0 Å². The van der Waals surface area contributed by atoms with Crippen molar-refractivity contribution in [2.45, 2.75) is 0 Å². The second-order valence-electron chi connectivity index (χ2n) is 3.35. The molecule has 0 N–H and O–H groups in total. The molecule has 4 heteroatoms. The lowest BCUT2D eigenvalue weighted by Crippen LogP contribution is -2.11. The topological polar surface area (TPSA) is 16.1 Å². The summed E-state index contributed by atoms with van der Waals surface area (Å²) in [6.07, 6.45) is 1.79. The van der Waals surface area contributed by atoms with Crippen molar-refractivity contribution >= 4 is 43.4 Å². The van der Waals surface area contributed by atoms with Gasteiger partial charge < -0.3 is 4.90 Å². The molecule has 0 saturated heterocycles. The van der Waals surface area contributed by atoms with Gasteiger partial charge in [-0.25, -0.2) is 4.98 Å². The Balaban J connectivity index is 2.38. The fourth-order valence-electron chi connectivity index (χ4n) is 1.43. The molecule has 0 aliphatic heterocycles. The van der Waals surface area contributed by atoms with Crippen molar-refractivity contribution in [2.75, 3.05) is 11.9 Å². The summed E-state index contributed by atoms with van der Waals surface area (Å²) in [4.78, 5) is 6.42. The zero-order valence-corrected chi connectivity index (χ0v) is 11.9. The molecule has 0 bridgehead atoms. The minimum atomic E-state index is 0.898. The first-order chi connectivity index (χ1) is 7.68. The molecular weight excluding hydrogens is 332 g/mol. The fourth-order valence-corrected chi connectivity index (χ4v) is 2.68. The van der Waals surface area contributed by atoms with Gasteiger partial charge in [0.1, 0.15) is 5.82 Å². The van der Waals surface area contributed by atoms with Gasteiger partial charge in [-0.1, -0.05) is 18.2 Å². The molecule has 2 nitrogen and oxygen atoms in total. The molecule has 0 aliphatic rings. The van der Waals surface area contributed by atoms with Gasteiger partial charge in [-0.05, 0) is 50.1 Å². The summed E-state index contributed by atoms with van der Waals surface area (Å²) in [5.41, 5.74) is 1.11. The van der Waals surface area contributed by atoms with Crippen molar-refractivity contribution < 1.29 is 0 Å². The molecular formula is C12H10Br2N2. The highest BCUT2D eigenvalue weighted by molar-refractivity contribution is 9.11. The summed E-state index contributed by atoms with van der Waals surface area (Å²) in [6, 6.07) is 12.1. The maximum absolute atomic E-state index is 4.39. The van der Waals surface area contributed by atoms with Crippen LogP contribution < -0.4 is 4.90 Å². The van der Waals surface area contributed by atoms with E-state index in [0.717, 1.165) is 20.5 Å². The van der Waals surface area contributed by atoms with E-state index in [2.05, 4.69) is 49.0 Å². The molecule has 0 saturated carbocycles. The number of para-hydroxylation sites is 1. The average Bonchev–Trinajstić information content (AvgIpc) is 2.29. The second kappa shape index (κ2) is 4.97. The van der Waals surface area contributed by atoms with E-state index in [1.165, 1.54) is 0 Å². The van der Waals surface area contributed by atoms with Gasteiger partial charge in [-0.2, -0.15) is 0 Å². The summed E-state index contributed by atoms with van der Waals surface area (Å²) in [6.45, 7) is 0. The molecule has 0 atom stereocenters. The Kier molecular flexibility index (Phi) is 3.61. The minimum absolute atomic E-state index is 0.898. The van der Waals surface area contributed by atoms with Crippen molar-refractivity contribution in [3.63, 3.8) is 0 Å². The van der Waals surface area contributed by atoms with E-state index >= 15 is 0 Å². The molecule has 1 heterocycles. The molecule has 0 aliphatic carbocycles. The van der Waals surface area contributed by atoms with Crippen molar-refractivity contribution in [1.29, 1.82) is 0 Å². The molecule has 0 radical (unpaired) electrons. The van der Waals surface area contributed by atoms with Gasteiger partial charge in [0, 0.05) is 23.4 Å². The predicted molar refractivity (Wildman–Crippen MR) is 74.1 cm³/mol. The molecule has 2 rings (SSSR count). The van der Waals surface area contributed by atoms with Crippen LogP contribution in [0.15, 0.2) is 51.5 Å². The van der Waals surface area contributed by atoms with Gasteiger partial charge in [0.2, 0.25) is 0 Å². The average molecular weight is 342 g/mol. The Labute approximate surface area is 112 Å². The largest absolute Gasteiger partial charge is 0.329 e. The van der Waals surface area contributed by atoms with E-state index in [1.54, 1.807) is 6.20 Å². The van der Waals surface area contributed by atoms with E-state index in [1.807, 2.05) is 36.2 Å². The van der Waals surface area contributed by atoms with E-state index in [-0.39, 0.29) is 0 Å². The standard InChI is InChI=1S/C12H10Br2N2/c1-16(10-5-3-2-4-6-10)12-11(14)7-9(13)8-15-12/h2-8H,1H3. The zero-order chi connectivity index (χ0) is 11.5. The van der Waals surface area contributed by atoms with Crippen LogP contribution in [0.3, 0.4) is 0 Å². The number of hydrogen-bond donors (Lipinski definition) is 0. The Morgan fingerprint density at radius 1 is 1.12 bits per heavy atom. The second-order valence-corrected chi connectivity index (χ2v) is 5.12. The number of benzene rings is 1. The van der Waals surface area contributed by atoms with Crippen molar-refractivity contribution in [2.24, 2.45) is 0 Å². The molecule has 2 aromatic rings. The van der Waals surface area contributed by atoms with Gasteiger partial charge >= 0.3 is 0 Å². The van der Waals surface area contributed by atoms with Crippen LogP contribution in [0.5, 0.6) is 0 Å². The molecule has 82 valence electrons. The van der Waals surface area contributed by atoms with Gasteiger partial charge in [0.15, 0.2) is 0 Å². The summed E-state index contributed by atoms with van der Waals surface area (Å²) in [5.74, 6) is 0.898. The third kappa shape index (κ3) is 2.44. The van der Waals surface area contributed by atoms with Gasteiger partial charge in [0.25, 0.3) is 0 Å². The molecule has 16 heavy (non-hydrogen) atoms. The van der Waals surface area contributed by atoms with Crippen LogP contribution in [-0.2, 0) is 0 Å². The molecule has 0 amide bonds.